The molecule has 2 N–H and O–H groups in total. The van der Waals surface area contributed by atoms with Crippen molar-refractivity contribution in [3.05, 3.63) is 78.2 Å². The summed E-state index contributed by atoms with van der Waals surface area (Å²) in [4.78, 5) is 23.5. The maximum absolute atomic E-state index is 14.3. The molecule has 0 bridgehead atoms. The van der Waals surface area contributed by atoms with E-state index in [-0.39, 0.29) is 17.1 Å². The first-order valence-corrected chi connectivity index (χ1v) is 11.6. The Morgan fingerprint density at radius 3 is 2.50 bits per heavy atom. The molecule has 3 aromatic carbocycles. The zero-order valence-electron chi connectivity index (χ0n) is 19.8. The minimum atomic E-state index is -4.55. The maximum atomic E-state index is 14.3. The number of amides is 2. The molecule has 0 aliphatic carbocycles. The van der Waals surface area contributed by atoms with Gasteiger partial charge >= 0.3 is 12.2 Å². The van der Waals surface area contributed by atoms with Crippen LogP contribution in [0.2, 0.25) is 0 Å². The van der Waals surface area contributed by atoms with Crippen molar-refractivity contribution < 1.29 is 31.8 Å². The predicted molar refractivity (Wildman–Crippen MR) is 133 cm³/mol. The summed E-state index contributed by atoms with van der Waals surface area (Å²) < 4.78 is 64.2. The molecular weight excluding hydrogens is 506 g/mol. The Kier molecular flexibility index (Phi) is 6.97. The van der Waals surface area contributed by atoms with Gasteiger partial charge in [0, 0.05) is 42.7 Å². The smallest absolute Gasteiger partial charge is 0.416 e. The summed E-state index contributed by atoms with van der Waals surface area (Å²) in [6.45, 7) is 2.63. The number of nitrogens with one attached hydrogen (secondary N) is 2. The van der Waals surface area contributed by atoms with E-state index in [9.17, 15) is 22.4 Å². The van der Waals surface area contributed by atoms with Gasteiger partial charge in [0.05, 0.1) is 36.0 Å². The molecule has 8 nitrogen and oxygen atoms in total. The number of anilines is 3. The highest BCUT2D eigenvalue weighted by atomic mass is 19.4. The second kappa shape index (κ2) is 10.5. The lowest BCUT2D eigenvalue weighted by atomic mass is 10.2. The number of hydrogen-bond donors (Lipinski definition) is 2. The van der Waals surface area contributed by atoms with Crippen molar-refractivity contribution in [2.75, 3.05) is 41.8 Å². The monoisotopic (exact) mass is 527 g/mol. The quantitative estimate of drug-likeness (QED) is 0.307. The van der Waals surface area contributed by atoms with Crippen molar-refractivity contribution in [3.63, 3.8) is 0 Å². The van der Waals surface area contributed by atoms with Crippen molar-refractivity contribution in [2.24, 2.45) is 0 Å². The van der Waals surface area contributed by atoms with Crippen LogP contribution in [0.15, 0.2) is 66.9 Å². The lowest BCUT2D eigenvalue weighted by Gasteiger charge is -2.27. The normalized spacial score (nSPS) is 13.8. The molecule has 2 heterocycles. The first kappa shape index (κ1) is 25.2. The molecule has 1 aliphatic rings. The van der Waals surface area contributed by atoms with E-state index in [0.29, 0.717) is 48.9 Å². The number of benzene rings is 3. The third kappa shape index (κ3) is 6.09. The van der Waals surface area contributed by atoms with E-state index in [1.165, 1.54) is 18.2 Å². The number of carbonyl (C=O) groups is 1. The highest BCUT2D eigenvalue weighted by molar-refractivity contribution is 5.99. The molecule has 1 aromatic heterocycles. The van der Waals surface area contributed by atoms with Gasteiger partial charge in [-0.2, -0.15) is 13.2 Å². The van der Waals surface area contributed by atoms with Crippen molar-refractivity contribution in [3.8, 4) is 11.5 Å². The Labute approximate surface area is 214 Å². The number of rotatable bonds is 5. The fraction of sp³-hybridized carbons (Fsp3) is 0.192. The van der Waals surface area contributed by atoms with Gasteiger partial charge in [0.25, 0.3) is 0 Å². The van der Waals surface area contributed by atoms with E-state index < -0.39 is 23.6 Å². The van der Waals surface area contributed by atoms with Crippen molar-refractivity contribution in [1.82, 2.24) is 9.97 Å². The molecule has 0 unspecified atom stereocenters. The Bertz CT molecular complexity index is 1480. The van der Waals surface area contributed by atoms with Crippen LogP contribution in [0, 0.1) is 5.82 Å². The van der Waals surface area contributed by atoms with Crippen LogP contribution >= 0.6 is 0 Å². The molecule has 5 rings (SSSR count). The topological polar surface area (TPSA) is 88.6 Å². The van der Waals surface area contributed by atoms with E-state index in [1.807, 2.05) is 0 Å². The predicted octanol–water partition coefficient (Wildman–Crippen LogP) is 6.06. The first-order valence-electron chi connectivity index (χ1n) is 11.6. The number of fused-ring (bicyclic) bond motifs is 1. The van der Waals surface area contributed by atoms with Crippen LogP contribution in [0.25, 0.3) is 11.0 Å². The average molecular weight is 527 g/mol. The van der Waals surface area contributed by atoms with Crippen LogP contribution in [-0.4, -0.2) is 42.3 Å². The van der Waals surface area contributed by atoms with Crippen molar-refractivity contribution in [1.29, 1.82) is 0 Å². The molecular formula is C26H21F4N5O3. The number of aromatic nitrogens is 2. The highest BCUT2D eigenvalue weighted by Gasteiger charge is 2.30. The molecule has 0 radical (unpaired) electrons. The number of nitrogens with zero attached hydrogens (tertiary/aromatic N) is 3. The summed E-state index contributed by atoms with van der Waals surface area (Å²) in [5.41, 5.74) is 0.302. The third-order valence-corrected chi connectivity index (χ3v) is 5.65. The molecule has 2 amide bonds. The molecule has 12 heteroatoms. The summed E-state index contributed by atoms with van der Waals surface area (Å²) >= 11 is 0. The van der Waals surface area contributed by atoms with E-state index >= 15 is 0 Å². The number of carbonyl (C=O) groups excluding carboxylic acids is 1. The zero-order valence-corrected chi connectivity index (χ0v) is 19.8. The van der Waals surface area contributed by atoms with Gasteiger partial charge in [-0.3, -0.25) is 4.98 Å². The van der Waals surface area contributed by atoms with E-state index in [2.05, 4.69) is 25.5 Å². The van der Waals surface area contributed by atoms with Crippen molar-refractivity contribution >= 4 is 34.3 Å². The van der Waals surface area contributed by atoms with Gasteiger partial charge in [-0.25, -0.2) is 14.2 Å². The van der Waals surface area contributed by atoms with Crippen LogP contribution < -0.4 is 20.3 Å². The summed E-state index contributed by atoms with van der Waals surface area (Å²) in [6.07, 6.45) is -2.86. The van der Waals surface area contributed by atoms with Crippen LogP contribution in [0.1, 0.15) is 5.56 Å². The number of urea groups is 1. The first-order chi connectivity index (χ1) is 18.2. The standard InChI is InChI=1S/C26H21F4N5O3/c27-17-11-19(33-25(36)32-18-3-1-2-16(10-18)26(28,29)30)13-21(12-17)38-20-4-5-22-23(14-20)34-24(15-31-22)35-6-8-37-9-7-35/h1-5,10-15H,6-9H2,(H2,32,33,36). The largest absolute Gasteiger partial charge is 0.457 e. The molecule has 196 valence electrons. The zero-order chi connectivity index (χ0) is 26.7. The second-order valence-electron chi connectivity index (χ2n) is 8.41. The number of hydrogen-bond acceptors (Lipinski definition) is 6. The SMILES string of the molecule is O=C(Nc1cc(F)cc(Oc2ccc3ncc(N4CCOCC4)nc3c2)c1)Nc1cccc(C(F)(F)F)c1. The molecule has 38 heavy (non-hydrogen) atoms. The maximum Gasteiger partial charge on any atom is 0.416 e. The summed E-state index contributed by atoms with van der Waals surface area (Å²) in [5.74, 6) is 0.487. The molecule has 0 atom stereocenters. The van der Waals surface area contributed by atoms with Gasteiger partial charge in [0.1, 0.15) is 23.1 Å². The summed E-state index contributed by atoms with van der Waals surface area (Å²) in [5, 5.41) is 4.70. The Balaban J connectivity index is 1.30. The van der Waals surface area contributed by atoms with Gasteiger partial charge < -0.3 is 25.0 Å². The molecule has 4 aromatic rings. The minimum Gasteiger partial charge on any atom is -0.457 e. The Hall–Kier alpha value is -4.45. The van der Waals surface area contributed by atoms with Gasteiger partial charge in [-0.15, -0.1) is 0 Å². The fourth-order valence-corrected chi connectivity index (χ4v) is 3.89. The molecule has 1 aliphatic heterocycles. The number of halogens is 4. The Morgan fingerprint density at radius 2 is 1.71 bits per heavy atom. The molecule has 1 fully saturated rings. The highest BCUT2D eigenvalue weighted by Crippen LogP contribution is 2.31. The molecule has 0 spiro atoms. The van der Waals surface area contributed by atoms with E-state index in [4.69, 9.17) is 9.47 Å². The van der Waals surface area contributed by atoms with Crippen LogP contribution in [0.5, 0.6) is 11.5 Å². The number of alkyl halides is 3. The van der Waals surface area contributed by atoms with Crippen LogP contribution in [-0.2, 0) is 10.9 Å². The lowest BCUT2D eigenvalue weighted by Crippen LogP contribution is -2.36. The average Bonchev–Trinajstić information content (AvgIpc) is 2.88. The third-order valence-electron chi connectivity index (χ3n) is 5.65. The fourth-order valence-electron chi connectivity index (χ4n) is 3.89. The van der Waals surface area contributed by atoms with Crippen LogP contribution in [0.4, 0.5) is 39.5 Å². The van der Waals surface area contributed by atoms with Crippen molar-refractivity contribution in [2.45, 2.75) is 6.18 Å². The van der Waals surface area contributed by atoms with Crippen LogP contribution in [0.3, 0.4) is 0 Å². The number of morpholine rings is 1. The molecule has 0 saturated carbocycles. The number of ether oxygens (including phenoxy) is 2. The van der Waals surface area contributed by atoms with E-state index in [0.717, 1.165) is 24.3 Å². The molecule has 1 saturated heterocycles. The summed E-state index contributed by atoms with van der Waals surface area (Å²) in [7, 11) is 0. The van der Waals surface area contributed by atoms with Gasteiger partial charge in [0.2, 0.25) is 0 Å². The lowest BCUT2D eigenvalue weighted by molar-refractivity contribution is -0.137. The second-order valence-corrected chi connectivity index (χ2v) is 8.41. The van der Waals surface area contributed by atoms with Gasteiger partial charge in [0.15, 0.2) is 0 Å². The Morgan fingerprint density at radius 1 is 0.921 bits per heavy atom. The minimum absolute atomic E-state index is 0.0414. The van der Waals surface area contributed by atoms with Gasteiger partial charge in [-0.1, -0.05) is 6.07 Å². The van der Waals surface area contributed by atoms with E-state index in [1.54, 1.807) is 24.4 Å². The van der Waals surface area contributed by atoms with Gasteiger partial charge in [-0.05, 0) is 36.4 Å². The summed E-state index contributed by atoms with van der Waals surface area (Å²) in [6, 6.07) is 11.9.